The predicted molar refractivity (Wildman–Crippen MR) is 90.6 cm³/mol. The standard InChI is InChI=1S/C20H20O6/c1-11-14(17(21)25-12(2)13-6-9-24-10-13)4-7-19(3)16(11)15-5-8-20(19,23)18(22)26-15/h4-10,12,15-16,23H,1-3H3/t12-,15-,16-,19-,20+/m1/s1. The summed E-state index contributed by atoms with van der Waals surface area (Å²) >= 11 is 0. The van der Waals surface area contributed by atoms with Gasteiger partial charge >= 0.3 is 11.9 Å². The third kappa shape index (κ3) is 2.08. The van der Waals surface area contributed by atoms with Crippen LogP contribution in [0.3, 0.4) is 0 Å². The summed E-state index contributed by atoms with van der Waals surface area (Å²) in [5, 5.41) is 10.9. The first-order valence-electron chi connectivity index (χ1n) is 8.54. The topological polar surface area (TPSA) is 86.0 Å². The van der Waals surface area contributed by atoms with Gasteiger partial charge in [0.25, 0.3) is 0 Å². The van der Waals surface area contributed by atoms with Gasteiger partial charge in [-0.05, 0) is 32.1 Å². The van der Waals surface area contributed by atoms with Crippen molar-refractivity contribution in [2.45, 2.75) is 38.6 Å². The lowest BCUT2D eigenvalue weighted by Gasteiger charge is -2.55. The van der Waals surface area contributed by atoms with Crippen LogP contribution in [0.15, 0.2) is 58.5 Å². The molecule has 1 aromatic rings. The summed E-state index contributed by atoms with van der Waals surface area (Å²) in [5.41, 5.74) is -0.678. The van der Waals surface area contributed by atoms with Crippen LogP contribution >= 0.6 is 0 Å². The quantitative estimate of drug-likeness (QED) is 0.662. The SMILES string of the molecule is CC1=C(C(=O)O[C@H](C)c2ccoc2)C=C[C@]2(C)[C@H]1[C@H]1C=C[C@]2(O)C(=O)O1. The molecule has 1 aromatic heterocycles. The summed E-state index contributed by atoms with van der Waals surface area (Å²) in [5.74, 6) is -1.44. The number of esters is 2. The fourth-order valence-corrected chi connectivity index (χ4v) is 4.22. The summed E-state index contributed by atoms with van der Waals surface area (Å²) in [6.07, 6.45) is 8.64. The zero-order valence-corrected chi connectivity index (χ0v) is 14.8. The average molecular weight is 356 g/mol. The lowest BCUT2D eigenvalue weighted by atomic mass is 9.54. The first-order valence-corrected chi connectivity index (χ1v) is 8.54. The van der Waals surface area contributed by atoms with Crippen LogP contribution in [0, 0.1) is 11.3 Å². The van der Waals surface area contributed by atoms with Gasteiger partial charge < -0.3 is 19.0 Å². The van der Waals surface area contributed by atoms with Gasteiger partial charge in [-0.15, -0.1) is 0 Å². The normalized spacial score (nSPS) is 35.9. The maximum Gasteiger partial charge on any atom is 0.343 e. The molecule has 1 N–H and O–H groups in total. The van der Waals surface area contributed by atoms with Crippen molar-refractivity contribution in [3.05, 3.63) is 59.6 Å². The van der Waals surface area contributed by atoms with Crippen molar-refractivity contribution in [1.82, 2.24) is 0 Å². The summed E-state index contributed by atoms with van der Waals surface area (Å²) in [7, 11) is 0. The van der Waals surface area contributed by atoms with E-state index in [4.69, 9.17) is 13.9 Å². The molecule has 5 atom stereocenters. The zero-order chi connectivity index (χ0) is 18.7. The Balaban J connectivity index is 1.65. The van der Waals surface area contributed by atoms with Gasteiger partial charge in [0.05, 0.1) is 18.1 Å². The maximum atomic E-state index is 12.7. The van der Waals surface area contributed by atoms with Gasteiger partial charge in [-0.1, -0.05) is 24.6 Å². The first kappa shape index (κ1) is 16.8. The number of ether oxygens (including phenoxy) is 2. The number of fused-ring (bicyclic) bond motifs is 1. The molecule has 4 aliphatic rings. The Morgan fingerprint density at radius 3 is 2.81 bits per heavy atom. The summed E-state index contributed by atoms with van der Waals surface area (Å²) < 4.78 is 15.9. The zero-order valence-electron chi connectivity index (χ0n) is 14.8. The smallest absolute Gasteiger partial charge is 0.343 e. The highest BCUT2D eigenvalue weighted by Crippen LogP contribution is 2.56. The van der Waals surface area contributed by atoms with Crippen molar-refractivity contribution in [3.63, 3.8) is 0 Å². The molecule has 2 aliphatic carbocycles. The molecular formula is C20H20O6. The minimum atomic E-state index is -1.73. The van der Waals surface area contributed by atoms with E-state index in [-0.39, 0.29) is 5.92 Å². The van der Waals surface area contributed by atoms with Crippen LogP contribution < -0.4 is 0 Å². The fraction of sp³-hybridized carbons (Fsp3) is 0.400. The molecule has 0 aromatic carbocycles. The Bertz CT molecular complexity index is 861. The Hall–Kier alpha value is -2.60. The molecule has 6 heteroatoms. The van der Waals surface area contributed by atoms with E-state index in [2.05, 4.69) is 0 Å². The highest BCUT2D eigenvalue weighted by atomic mass is 16.6. The number of carbonyl (C=O) groups is 2. The van der Waals surface area contributed by atoms with Gasteiger partial charge in [0.15, 0.2) is 5.60 Å². The molecule has 0 unspecified atom stereocenters. The number of hydrogen-bond acceptors (Lipinski definition) is 6. The molecule has 136 valence electrons. The predicted octanol–water partition coefficient (Wildman–Crippen LogP) is 2.62. The Morgan fingerprint density at radius 1 is 1.38 bits per heavy atom. The van der Waals surface area contributed by atoms with Crippen LogP contribution in [-0.4, -0.2) is 28.8 Å². The molecule has 3 heterocycles. The van der Waals surface area contributed by atoms with Crippen molar-refractivity contribution in [3.8, 4) is 0 Å². The van der Waals surface area contributed by atoms with Crippen LogP contribution in [0.25, 0.3) is 0 Å². The van der Waals surface area contributed by atoms with E-state index in [1.54, 1.807) is 31.2 Å². The Kier molecular flexibility index (Phi) is 3.53. The number of furan rings is 1. The van der Waals surface area contributed by atoms with Gasteiger partial charge in [0.1, 0.15) is 12.2 Å². The highest BCUT2D eigenvalue weighted by molar-refractivity contribution is 5.94. The molecular weight excluding hydrogens is 336 g/mol. The molecule has 2 aliphatic heterocycles. The monoisotopic (exact) mass is 356 g/mol. The highest BCUT2D eigenvalue weighted by Gasteiger charge is 2.65. The number of hydrogen-bond donors (Lipinski definition) is 1. The number of aliphatic hydroxyl groups is 1. The van der Waals surface area contributed by atoms with Crippen molar-refractivity contribution in [2.75, 3.05) is 0 Å². The van der Waals surface area contributed by atoms with Crippen LogP contribution in [0.5, 0.6) is 0 Å². The van der Waals surface area contributed by atoms with Gasteiger partial charge in [0, 0.05) is 16.9 Å². The third-order valence-electron chi connectivity index (χ3n) is 5.88. The Morgan fingerprint density at radius 2 is 2.15 bits per heavy atom. The van der Waals surface area contributed by atoms with E-state index in [1.807, 2.05) is 13.8 Å². The average Bonchev–Trinajstić information content (AvgIpc) is 3.11. The molecule has 2 bridgehead atoms. The lowest BCUT2D eigenvalue weighted by molar-refractivity contribution is -0.201. The van der Waals surface area contributed by atoms with E-state index in [1.165, 1.54) is 18.6 Å². The molecule has 1 fully saturated rings. The molecule has 0 saturated carbocycles. The van der Waals surface area contributed by atoms with E-state index < -0.39 is 35.2 Å². The molecule has 6 nitrogen and oxygen atoms in total. The van der Waals surface area contributed by atoms with E-state index in [0.29, 0.717) is 5.57 Å². The first-order chi connectivity index (χ1) is 12.3. The van der Waals surface area contributed by atoms with Crippen LogP contribution in [0.1, 0.15) is 32.4 Å². The van der Waals surface area contributed by atoms with Crippen molar-refractivity contribution in [1.29, 1.82) is 0 Å². The summed E-state index contributed by atoms with van der Waals surface area (Å²) in [6, 6.07) is 1.74. The summed E-state index contributed by atoms with van der Waals surface area (Å²) in [4.78, 5) is 24.9. The molecule has 1 saturated heterocycles. The van der Waals surface area contributed by atoms with Gasteiger partial charge in [-0.25, -0.2) is 9.59 Å². The minimum Gasteiger partial charge on any atom is -0.472 e. The maximum absolute atomic E-state index is 12.7. The lowest BCUT2D eigenvalue weighted by Crippen LogP contribution is -2.65. The molecule has 5 rings (SSSR count). The Labute approximate surface area is 150 Å². The van der Waals surface area contributed by atoms with E-state index in [9.17, 15) is 14.7 Å². The fourth-order valence-electron chi connectivity index (χ4n) is 4.22. The van der Waals surface area contributed by atoms with Crippen LogP contribution in [-0.2, 0) is 19.1 Å². The van der Waals surface area contributed by atoms with Crippen molar-refractivity contribution < 1.29 is 28.6 Å². The van der Waals surface area contributed by atoms with Gasteiger partial charge in [0.2, 0.25) is 0 Å². The van der Waals surface area contributed by atoms with Crippen LogP contribution in [0.2, 0.25) is 0 Å². The molecule has 0 spiro atoms. The van der Waals surface area contributed by atoms with Gasteiger partial charge in [-0.2, -0.15) is 0 Å². The number of carbonyl (C=O) groups excluding carboxylic acids is 2. The van der Waals surface area contributed by atoms with E-state index in [0.717, 1.165) is 11.1 Å². The van der Waals surface area contributed by atoms with Gasteiger partial charge in [-0.3, -0.25) is 0 Å². The third-order valence-corrected chi connectivity index (χ3v) is 5.88. The van der Waals surface area contributed by atoms with Crippen molar-refractivity contribution >= 4 is 11.9 Å². The molecule has 0 radical (unpaired) electrons. The van der Waals surface area contributed by atoms with E-state index >= 15 is 0 Å². The summed E-state index contributed by atoms with van der Waals surface area (Å²) in [6.45, 7) is 5.40. The second-order valence-electron chi connectivity index (χ2n) is 7.29. The van der Waals surface area contributed by atoms with Crippen molar-refractivity contribution in [2.24, 2.45) is 11.3 Å². The molecule has 0 amide bonds. The second-order valence-corrected chi connectivity index (χ2v) is 7.29. The molecule has 26 heavy (non-hydrogen) atoms. The van der Waals surface area contributed by atoms with Crippen LogP contribution in [0.4, 0.5) is 0 Å². The minimum absolute atomic E-state index is 0.327. The largest absolute Gasteiger partial charge is 0.472 e. The number of rotatable bonds is 3. The second kappa shape index (κ2) is 5.45.